The monoisotopic (exact) mass is 499 g/mol. The van der Waals surface area contributed by atoms with E-state index >= 15 is 0 Å². The minimum atomic E-state index is -1.01. The van der Waals surface area contributed by atoms with Gasteiger partial charge in [0, 0.05) is 18.7 Å². The van der Waals surface area contributed by atoms with Crippen molar-refractivity contribution in [2.45, 2.75) is 20.0 Å². The van der Waals surface area contributed by atoms with E-state index in [1.165, 1.54) is 24.3 Å². The van der Waals surface area contributed by atoms with Crippen LogP contribution >= 0.6 is 0 Å². The molecule has 0 aliphatic carbocycles. The van der Waals surface area contributed by atoms with Gasteiger partial charge in [0.05, 0.1) is 12.2 Å². The maximum Gasteiger partial charge on any atom is 0.335 e. The van der Waals surface area contributed by atoms with Gasteiger partial charge in [-0.15, -0.1) is 0 Å². The van der Waals surface area contributed by atoms with Gasteiger partial charge in [0.25, 0.3) is 5.91 Å². The van der Waals surface area contributed by atoms with Crippen LogP contribution in [-0.4, -0.2) is 28.5 Å². The summed E-state index contributed by atoms with van der Waals surface area (Å²) in [7, 11) is 0. The van der Waals surface area contributed by atoms with Gasteiger partial charge >= 0.3 is 5.97 Å². The molecule has 37 heavy (non-hydrogen) atoms. The summed E-state index contributed by atoms with van der Waals surface area (Å²) in [6.45, 7) is 3.09. The number of carbonyl (C=O) groups is 2. The number of para-hydroxylation sites is 1. The minimum Gasteiger partial charge on any atom is -0.494 e. The number of hydrogen-bond acceptors (Lipinski definition) is 4. The first-order chi connectivity index (χ1) is 17.9. The van der Waals surface area contributed by atoms with Crippen molar-refractivity contribution < 1.29 is 28.6 Å². The number of carboxylic acid groups (broad SMARTS) is 1. The van der Waals surface area contributed by atoms with Gasteiger partial charge in [0.2, 0.25) is 0 Å². The largest absolute Gasteiger partial charge is 0.494 e. The lowest BCUT2D eigenvalue weighted by atomic mass is 10.1. The molecule has 0 radical (unpaired) electrons. The lowest BCUT2D eigenvalue weighted by molar-refractivity contribution is 0.0693. The van der Waals surface area contributed by atoms with Crippen LogP contribution in [-0.2, 0) is 13.1 Å². The minimum absolute atomic E-state index is 0.100. The first-order valence-electron chi connectivity index (χ1n) is 11.8. The number of benzene rings is 4. The van der Waals surface area contributed by atoms with Crippen molar-refractivity contribution in [3.63, 3.8) is 0 Å². The molecule has 0 atom stereocenters. The Bertz CT molecular complexity index is 1350. The fourth-order valence-electron chi connectivity index (χ4n) is 3.75. The second-order valence-corrected chi connectivity index (χ2v) is 8.30. The molecule has 7 heteroatoms. The zero-order valence-electron chi connectivity index (χ0n) is 20.3. The Kier molecular flexibility index (Phi) is 8.15. The summed E-state index contributed by atoms with van der Waals surface area (Å²) < 4.78 is 25.0. The number of carbonyl (C=O) groups excluding carboxylic acids is 1. The molecule has 0 saturated carbocycles. The van der Waals surface area contributed by atoms with E-state index in [9.17, 15) is 19.1 Å². The number of amides is 1. The maximum absolute atomic E-state index is 13.9. The third-order valence-corrected chi connectivity index (χ3v) is 5.64. The summed E-state index contributed by atoms with van der Waals surface area (Å²) in [4.78, 5) is 26.4. The van der Waals surface area contributed by atoms with Crippen molar-refractivity contribution in [1.82, 2.24) is 4.90 Å². The average Bonchev–Trinajstić information content (AvgIpc) is 2.91. The number of carboxylic acids is 1. The average molecular weight is 500 g/mol. The Balaban J connectivity index is 1.55. The maximum atomic E-state index is 13.9. The molecule has 0 aliphatic heterocycles. The fraction of sp³-hybridized carbons (Fsp3) is 0.133. The number of ether oxygens (including phenoxy) is 2. The van der Waals surface area contributed by atoms with Crippen molar-refractivity contribution in [1.29, 1.82) is 0 Å². The molecule has 4 aromatic rings. The molecule has 0 aromatic heterocycles. The third kappa shape index (κ3) is 6.73. The molecule has 6 nitrogen and oxygen atoms in total. The number of hydrogen-bond donors (Lipinski definition) is 1. The van der Waals surface area contributed by atoms with Crippen LogP contribution in [0.4, 0.5) is 4.39 Å². The molecule has 0 fully saturated rings. The van der Waals surface area contributed by atoms with Crippen LogP contribution in [0.5, 0.6) is 17.2 Å². The highest BCUT2D eigenvalue weighted by Crippen LogP contribution is 2.25. The van der Waals surface area contributed by atoms with Crippen molar-refractivity contribution >= 4 is 11.9 Å². The molecule has 0 saturated heterocycles. The molecule has 4 rings (SSSR count). The standard InChI is InChI=1S/C30H26FNO5/c1-2-36-25-15-9-22(10-16-25)20-32(19-21-7-11-24(12-8-21)30(34)35)29(33)23-13-17-26(18-14-23)37-28-6-4-3-5-27(28)31/h3-18H,2,19-20H2,1H3,(H,34,35). The number of rotatable bonds is 10. The van der Waals surface area contributed by atoms with Gasteiger partial charge in [-0.3, -0.25) is 4.79 Å². The molecule has 0 unspecified atom stereocenters. The van der Waals surface area contributed by atoms with Gasteiger partial charge in [-0.05, 0) is 78.7 Å². The van der Waals surface area contributed by atoms with Crippen LogP contribution in [0.3, 0.4) is 0 Å². The summed E-state index contributed by atoms with van der Waals surface area (Å²) in [5, 5.41) is 9.17. The van der Waals surface area contributed by atoms with E-state index < -0.39 is 11.8 Å². The SMILES string of the molecule is CCOc1ccc(CN(Cc2ccc(C(=O)O)cc2)C(=O)c2ccc(Oc3ccccc3F)cc2)cc1. The highest BCUT2D eigenvalue weighted by Gasteiger charge is 2.18. The molecule has 0 spiro atoms. The predicted octanol–water partition coefficient (Wildman–Crippen LogP) is 6.56. The van der Waals surface area contributed by atoms with E-state index in [0.717, 1.165) is 16.9 Å². The molecule has 0 aliphatic rings. The van der Waals surface area contributed by atoms with Crippen LogP contribution in [0.1, 0.15) is 38.8 Å². The Morgan fingerprint density at radius 3 is 1.86 bits per heavy atom. The molecule has 188 valence electrons. The lowest BCUT2D eigenvalue weighted by Crippen LogP contribution is -2.30. The van der Waals surface area contributed by atoms with E-state index in [4.69, 9.17) is 9.47 Å². The molecule has 1 N–H and O–H groups in total. The molecule has 0 heterocycles. The topological polar surface area (TPSA) is 76.1 Å². The van der Waals surface area contributed by atoms with Gasteiger partial charge in [0.15, 0.2) is 11.6 Å². The van der Waals surface area contributed by atoms with Crippen LogP contribution < -0.4 is 9.47 Å². The number of halogens is 1. The molecular weight excluding hydrogens is 473 g/mol. The van der Waals surface area contributed by atoms with E-state index in [2.05, 4.69) is 0 Å². The van der Waals surface area contributed by atoms with Crippen molar-refractivity contribution in [2.24, 2.45) is 0 Å². The highest BCUT2D eigenvalue weighted by atomic mass is 19.1. The van der Waals surface area contributed by atoms with Crippen LogP contribution in [0.2, 0.25) is 0 Å². The predicted molar refractivity (Wildman–Crippen MR) is 138 cm³/mol. The number of nitrogens with zero attached hydrogens (tertiary/aromatic N) is 1. The van der Waals surface area contributed by atoms with Crippen molar-refractivity contribution in [2.75, 3.05) is 6.61 Å². The second kappa shape index (κ2) is 11.9. The Morgan fingerprint density at radius 2 is 1.30 bits per heavy atom. The molecule has 1 amide bonds. The van der Waals surface area contributed by atoms with Gasteiger partial charge in [0.1, 0.15) is 11.5 Å². The van der Waals surface area contributed by atoms with E-state index in [0.29, 0.717) is 24.5 Å². The van der Waals surface area contributed by atoms with E-state index in [1.807, 2.05) is 31.2 Å². The zero-order chi connectivity index (χ0) is 26.2. The Hall–Kier alpha value is -4.65. The van der Waals surface area contributed by atoms with Crippen LogP contribution in [0.25, 0.3) is 0 Å². The third-order valence-electron chi connectivity index (χ3n) is 5.64. The van der Waals surface area contributed by atoms with Gasteiger partial charge in [-0.2, -0.15) is 0 Å². The summed E-state index contributed by atoms with van der Waals surface area (Å²) in [5.74, 6) is -0.440. The van der Waals surface area contributed by atoms with Gasteiger partial charge in [-0.25, -0.2) is 9.18 Å². The summed E-state index contributed by atoms with van der Waals surface area (Å²) >= 11 is 0. The second-order valence-electron chi connectivity index (χ2n) is 8.30. The van der Waals surface area contributed by atoms with Crippen molar-refractivity contribution in [3.05, 3.63) is 125 Å². The Labute approximate surface area is 214 Å². The van der Waals surface area contributed by atoms with E-state index in [1.54, 1.807) is 53.4 Å². The lowest BCUT2D eigenvalue weighted by Gasteiger charge is -2.23. The Morgan fingerprint density at radius 1 is 0.757 bits per heavy atom. The zero-order valence-corrected chi connectivity index (χ0v) is 20.3. The fourth-order valence-corrected chi connectivity index (χ4v) is 3.75. The van der Waals surface area contributed by atoms with E-state index in [-0.39, 0.29) is 23.8 Å². The summed E-state index contributed by atoms with van der Waals surface area (Å²) in [6, 6.07) is 26.6. The van der Waals surface area contributed by atoms with Crippen molar-refractivity contribution in [3.8, 4) is 17.2 Å². The van der Waals surface area contributed by atoms with Crippen LogP contribution in [0, 0.1) is 5.82 Å². The highest BCUT2D eigenvalue weighted by molar-refractivity contribution is 5.94. The smallest absolute Gasteiger partial charge is 0.335 e. The first kappa shape index (κ1) is 25.4. The van der Waals surface area contributed by atoms with Gasteiger partial charge in [-0.1, -0.05) is 36.4 Å². The normalized spacial score (nSPS) is 10.5. The van der Waals surface area contributed by atoms with Gasteiger partial charge < -0.3 is 19.5 Å². The molecule has 4 aromatic carbocycles. The quantitative estimate of drug-likeness (QED) is 0.268. The summed E-state index contributed by atoms with van der Waals surface area (Å²) in [6.07, 6.45) is 0. The van der Waals surface area contributed by atoms with Crippen LogP contribution in [0.15, 0.2) is 97.1 Å². The molecule has 0 bridgehead atoms. The number of aromatic carboxylic acids is 1. The summed E-state index contributed by atoms with van der Waals surface area (Å²) in [5.41, 5.74) is 2.33. The first-order valence-corrected chi connectivity index (χ1v) is 11.8. The molecular formula is C30H26FNO5.